The summed E-state index contributed by atoms with van der Waals surface area (Å²) in [4.78, 5) is 18.1. The minimum absolute atomic E-state index is 0.145. The molecule has 19 heavy (non-hydrogen) atoms. The highest BCUT2D eigenvalue weighted by atomic mass is 16.5. The number of nitrogens with zero attached hydrogens (tertiary/aromatic N) is 2. The van der Waals surface area contributed by atoms with E-state index in [2.05, 4.69) is 9.88 Å². The lowest BCUT2D eigenvalue weighted by atomic mass is 10.2. The van der Waals surface area contributed by atoms with E-state index in [0.29, 0.717) is 12.6 Å². The molecule has 1 fully saturated rings. The van der Waals surface area contributed by atoms with Crippen LogP contribution in [0.5, 0.6) is 0 Å². The fourth-order valence-corrected chi connectivity index (χ4v) is 2.69. The fourth-order valence-electron chi connectivity index (χ4n) is 2.69. The lowest BCUT2D eigenvalue weighted by molar-refractivity contribution is -0.142. The molecule has 0 aliphatic heterocycles. The van der Waals surface area contributed by atoms with Gasteiger partial charge in [0.1, 0.15) is 0 Å². The second-order valence-electron chi connectivity index (χ2n) is 5.06. The zero-order valence-corrected chi connectivity index (χ0v) is 11.5. The minimum atomic E-state index is -0.145. The zero-order chi connectivity index (χ0) is 13.5. The smallest absolute Gasteiger partial charge is 0.319 e. The van der Waals surface area contributed by atoms with Crippen molar-refractivity contribution in [3.8, 4) is 0 Å². The summed E-state index contributed by atoms with van der Waals surface area (Å²) in [5, 5.41) is 0. The van der Waals surface area contributed by atoms with E-state index < -0.39 is 0 Å². The number of pyridine rings is 1. The second kappa shape index (κ2) is 7.24. The summed E-state index contributed by atoms with van der Waals surface area (Å²) in [7, 11) is 1.45. The Morgan fingerprint density at radius 1 is 1.42 bits per heavy atom. The highest BCUT2D eigenvalue weighted by Crippen LogP contribution is 2.23. The first kappa shape index (κ1) is 14.0. The standard InChI is InChI=1S/C15H22N2O2/c1-19-15(18)12-17(14-7-2-3-8-14)11-9-13-6-4-5-10-16-13/h4-6,10,14H,2-3,7-9,11-12H2,1H3. The predicted octanol–water partition coefficient (Wildman–Crippen LogP) is 2.04. The predicted molar refractivity (Wildman–Crippen MR) is 73.8 cm³/mol. The Hall–Kier alpha value is -1.42. The molecular formula is C15H22N2O2. The Balaban J connectivity index is 1.91. The number of methoxy groups -OCH3 is 1. The highest BCUT2D eigenvalue weighted by Gasteiger charge is 2.24. The van der Waals surface area contributed by atoms with Crippen molar-refractivity contribution in [2.45, 2.75) is 38.1 Å². The minimum Gasteiger partial charge on any atom is -0.468 e. The molecule has 0 N–H and O–H groups in total. The van der Waals surface area contributed by atoms with Gasteiger partial charge < -0.3 is 4.74 Å². The van der Waals surface area contributed by atoms with Crippen molar-refractivity contribution in [3.63, 3.8) is 0 Å². The van der Waals surface area contributed by atoms with E-state index in [0.717, 1.165) is 18.7 Å². The summed E-state index contributed by atoms with van der Waals surface area (Å²) in [6, 6.07) is 6.49. The molecule has 0 unspecified atom stereocenters. The van der Waals surface area contributed by atoms with E-state index in [1.165, 1.54) is 32.8 Å². The van der Waals surface area contributed by atoms with E-state index in [1.54, 1.807) is 0 Å². The van der Waals surface area contributed by atoms with Crippen molar-refractivity contribution in [1.82, 2.24) is 9.88 Å². The third-order valence-corrected chi connectivity index (χ3v) is 3.78. The molecule has 1 heterocycles. The molecule has 0 aromatic carbocycles. The molecule has 1 aliphatic rings. The second-order valence-corrected chi connectivity index (χ2v) is 5.06. The van der Waals surface area contributed by atoms with Crippen LogP contribution in [0.3, 0.4) is 0 Å². The molecule has 1 saturated carbocycles. The Kier molecular flexibility index (Phi) is 5.33. The van der Waals surface area contributed by atoms with Crippen molar-refractivity contribution in [2.75, 3.05) is 20.2 Å². The monoisotopic (exact) mass is 262 g/mol. The molecule has 0 amide bonds. The van der Waals surface area contributed by atoms with Crippen LogP contribution in [-0.2, 0) is 16.0 Å². The summed E-state index contributed by atoms with van der Waals surface area (Å²) in [5.74, 6) is -0.145. The number of aromatic nitrogens is 1. The molecular weight excluding hydrogens is 240 g/mol. The van der Waals surface area contributed by atoms with Gasteiger partial charge >= 0.3 is 5.97 Å². The average Bonchev–Trinajstić information content (AvgIpc) is 2.98. The van der Waals surface area contributed by atoms with Crippen molar-refractivity contribution >= 4 is 5.97 Å². The first-order chi connectivity index (χ1) is 9.29. The molecule has 0 atom stereocenters. The lowest BCUT2D eigenvalue weighted by Crippen LogP contribution is -2.39. The first-order valence-electron chi connectivity index (χ1n) is 7.00. The Bertz CT molecular complexity index is 388. The summed E-state index contributed by atoms with van der Waals surface area (Å²) < 4.78 is 4.80. The molecule has 0 radical (unpaired) electrons. The van der Waals surface area contributed by atoms with E-state index in [4.69, 9.17) is 4.74 Å². The maximum atomic E-state index is 11.5. The van der Waals surface area contributed by atoms with Gasteiger partial charge in [-0.25, -0.2) is 0 Å². The van der Waals surface area contributed by atoms with Crippen LogP contribution < -0.4 is 0 Å². The fraction of sp³-hybridized carbons (Fsp3) is 0.600. The quantitative estimate of drug-likeness (QED) is 0.736. The zero-order valence-electron chi connectivity index (χ0n) is 11.5. The molecule has 2 rings (SSSR count). The Morgan fingerprint density at radius 3 is 2.84 bits per heavy atom. The van der Waals surface area contributed by atoms with E-state index in [9.17, 15) is 4.79 Å². The lowest BCUT2D eigenvalue weighted by Gasteiger charge is -2.27. The largest absolute Gasteiger partial charge is 0.468 e. The summed E-state index contributed by atoms with van der Waals surface area (Å²) in [6.07, 6.45) is 7.63. The van der Waals surface area contributed by atoms with Gasteiger partial charge in [-0.3, -0.25) is 14.7 Å². The average molecular weight is 262 g/mol. The Labute approximate surface area is 114 Å². The molecule has 4 heteroatoms. The molecule has 104 valence electrons. The number of esters is 1. The maximum absolute atomic E-state index is 11.5. The van der Waals surface area contributed by atoms with Crippen molar-refractivity contribution < 1.29 is 9.53 Å². The van der Waals surface area contributed by atoms with Crippen LogP contribution in [0, 0.1) is 0 Å². The number of ether oxygens (including phenoxy) is 1. The SMILES string of the molecule is COC(=O)CN(CCc1ccccn1)C1CCCC1. The van der Waals surface area contributed by atoms with Crippen LogP contribution in [0.25, 0.3) is 0 Å². The number of hydrogen-bond donors (Lipinski definition) is 0. The van der Waals surface area contributed by atoms with Crippen molar-refractivity contribution in [3.05, 3.63) is 30.1 Å². The van der Waals surface area contributed by atoms with Crippen LogP contribution in [0.1, 0.15) is 31.4 Å². The molecule has 1 aromatic rings. The molecule has 0 bridgehead atoms. The van der Waals surface area contributed by atoms with Crippen molar-refractivity contribution in [1.29, 1.82) is 0 Å². The van der Waals surface area contributed by atoms with Crippen LogP contribution >= 0.6 is 0 Å². The third-order valence-electron chi connectivity index (χ3n) is 3.78. The molecule has 1 aromatic heterocycles. The molecule has 4 nitrogen and oxygen atoms in total. The van der Waals surface area contributed by atoms with Gasteiger partial charge in [0.2, 0.25) is 0 Å². The van der Waals surface area contributed by atoms with Gasteiger partial charge in [0.25, 0.3) is 0 Å². The van der Waals surface area contributed by atoms with Crippen LogP contribution in [0.15, 0.2) is 24.4 Å². The van der Waals surface area contributed by atoms with Gasteiger partial charge in [-0.2, -0.15) is 0 Å². The van der Waals surface area contributed by atoms with Crippen LogP contribution in [0.4, 0.5) is 0 Å². The molecule has 1 aliphatic carbocycles. The van der Waals surface area contributed by atoms with Crippen LogP contribution in [0.2, 0.25) is 0 Å². The number of carbonyl (C=O) groups is 1. The topological polar surface area (TPSA) is 42.4 Å². The molecule has 0 saturated heterocycles. The van der Waals surface area contributed by atoms with Gasteiger partial charge in [-0.1, -0.05) is 18.9 Å². The van der Waals surface area contributed by atoms with E-state index in [-0.39, 0.29) is 5.97 Å². The number of rotatable bonds is 6. The third kappa shape index (κ3) is 4.31. The normalized spacial score (nSPS) is 15.9. The molecule has 0 spiro atoms. The first-order valence-corrected chi connectivity index (χ1v) is 7.00. The van der Waals surface area contributed by atoms with E-state index in [1.807, 2.05) is 24.4 Å². The number of carbonyl (C=O) groups excluding carboxylic acids is 1. The maximum Gasteiger partial charge on any atom is 0.319 e. The van der Waals surface area contributed by atoms with Gasteiger partial charge in [0.05, 0.1) is 13.7 Å². The van der Waals surface area contributed by atoms with Crippen LogP contribution in [-0.4, -0.2) is 42.1 Å². The van der Waals surface area contributed by atoms with Gasteiger partial charge in [0.15, 0.2) is 0 Å². The van der Waals surface area contributed by atoms with Gasteiger partial charge in [-0.05, 0) is 25.0 Å². The summed E-state index contributed by atoms with van der Waals surface area (Å²) >= 11 is 0. The summed E-state index contributed by atoms with van der Waals surface area (Å²) in [5.41, 5.74) is 1.08. The van der Waals surface area contributed by atoms with Gasteiger partial charge in [0, 0.05) is 30.9 Å². The summed E-state index contributed by atoms with van der Waals surface area (Å²) in [6.45, 7) is 1.27. The number of hydrogen-bond acceptors (Lipinski definition) is 4. The Morgan fingerprint density at radius 2 is 2.21 bits per heavy atom. The van der Waals surface area contributed by atoms with Gasteiger partial charge in [-0.15, -0.1) is 0 Å². The van der Waals surface area contributed by atoms with E-state index >= 15 is 0 Å². The highest BCUT2D eigenvalue weighted by molar-refractivity contribution is 5.71. The van der Waals surface area contributed by atoms with Crippen molar-refractivity contribution in [2.24, 2.45) is 0 Å².